The summed E-state index contributed by atoms with van der Waals surface area (Å²) in [4.78, 5) is 11.8. The smallest absolute Gasteiger partial charge is 0.244 e. The number of aryl methyl sites for hydroxylation is 1. The molecule has 3 rings (SSSR count). The molecular weight excluding hydrogens is 270 g/mol. The normalized spacial score (nSPS) is 21.4. The number of aliphatic hydroxyl groups is 1. The van der Waals surface area contributed by atoms with Gasteiger partial charge in [0.1, 0.15) is 17.1 Å². The summed E-state index contributed by atoms with van der Waals surface area (Å²) in [5, 5.41) is 13.4. The number of carbonyl (C=O) groups is 1. The van der Waals surface area contributed by atoms with Crippen LogP contribution in [0.15, 0.2) is 45.6 Å². The highest BCUT2D eigenvalue weighted by Gasteiger charge is 2.36. The van der Waals surface area contributed by atoms with Crippen molar-refractivity contribution in [2.24, 2.45) is 0 Å². The number of nitrogens with one attached hydrogen (secondary N) is 1. The van der Waals surface area contributed by atoms with E-state index < -0.39 is 5.60 Å². The predicted octanol–water partition coefficient (Wildman–Crippen LogP) is 2.23. The van der Waals surface area contributed by atoms with Crippen molar-refractivity contribution in [2.75, 3.05) is 6.54 Å². The van der Waals surface area contributed by atoms with Crippen LogP contribution in [0, 0.1) is 0 Å². The Morgan fingerprint density at radius 3 is 3.10 bits per heavy atom. The van der Waals surface area contributed by atoms with E-state index in [0.717, 1.165) is 24.2 Å². The first-order chi connectivity index (χ1) is 10.2. The van der Waals surface area contributed by atoms with Gasteiger partial charge in [-0.2, -0.15) is 0 Å². The van der Waals surface area contributed by atoms with Crippen LogP contribution in [-0.2, 0) is 16.8 Å². The van der Waals surface area contributed by atoms with Crippen molar-refractivity contribution >= 4 is 12.0 Å². The van der Waals surface area contributed by atoms with Crippen LogP contribution in [-0.4, -0.2) is 17.6 Å². The number of amides is 1. The Morgan fingerprint density at radius 2 is 2.29 bits per heavy atom. The molecule has 1 atom stereocenters. The van der Waals surface area contributed by atoms with Crippen LogP contribution in [0.1, 0.15) is 29.9 Å². The molecule has 110 valence electrons. The maximum atomic E-state index is 11.8. The average Bonchev–Trinajstić information content (AvgIpc) is 3.14. The van der Waals surface area contributed by atoms with Crippen LogP contribution in [0.2, 0.25) is 0 Å². The highest BCUT2D eigenvalue weighted by Crippen LogP contribution is 2.35. The van der Waals surface area contributed by atoms with Crippen molar-refractivity contribution in [3.8, 4) is 0 Å². The lowest BCUT2D eigenvalue weighted by atomic mass is 9.83. The quantitative estimate of drug-likeness (QED) is 0.845. The van der Waals surface area contributed by atoms with Crippen LogP contribution >= 0.6 is 0 Å². The fraction of sp³-hybridized carbons (Fsp3) is 0.312. The van der Waals surface area contributed by atoms with E-state index in [1.165, 1.54) is 6.08 Å². The maximum Gasteiger partial charge on any atom is 0.244 e. The van der Waals surface area contributed by atoms with Gasteiger partial charge in [-0.25, -0.2) is 0 Å². The van der Waals surface area contributed by atoms with Crippen molar-refractivity contribution in [2.45, 2.75) is 24.9 Å². The third kappa shape index (κ3) is 2.92. The predicted molar refractivity (Wildman–Crippen MR) is 76.3 cm³/mol. The zero-order valence-corrected chi connectivity index (χ0v) is 11.5. The SMILES string of the molecule is O=C(C=Cc1ccco1)NCC1(O)CCCc2occc21. The molecule has 2 aromatic heterocycles. The fourth-order valence-electron chi connectivity index (χ4n) is 2.64. The summed E-state index contributed by atoms with van der Waals surface area (Å²) in [6, 6.07) is 5.29. The summed E-state index contributed by atoms with van der Waals surface area (Å²) in [6.07, 6.45) is 8.39. The van der Waals surface area contributed by atoms with E-state index in [1.54, 1.807) is 36.8 Å². The minimum Gasteiger partial charge on any atom is -0.469 e. The number of furan rings is 2. The lowest BCUT2D eigenvalue weighted by Gasteiger charge is -2.31. The monoisotopic (exact) mass is 287 g/mol. The molecule has 2 N–H and O–H groups in total. The van der Waals surface area contributed by atoms with Gasteiger partial charge in [0.05, 0.1) is 19.1 Å². The first-order valence-electron chi connectivity index (χ1n) is 6.96. The Bertz CT molecular complexity index is 641. The summed E-state index contributed by atoms with van der Waals surface area (Å²) in [7, 11) is 0. The van der Waals surface area contributed by atoms with Gasteiger partial charge in [0.2, 0.25) is 5.91 Å². The second kappa shape index (κ2) is 5.61. The lowest BCUT2D eigenvalue weighted by Crippen LogP contribution is -2.42. The Hall–Kier alpha value is -2.27. The van der Waals surface area contributed by atoms with Crippen molar-refractivity contribution in [3.05, 3.63) is 53.9 Å². The zero-order chi connectivity index (χ0) is 14.7. The first kappa shape index (κ1) is 13.7. The van der Waals surface area contributed by atoms with Crippen LogP contribution in [0.4, 0.5) is 0 Å². The van der Waals surface area contributed by atoms with E-state index in [-0.39, 0.29) is 12.5 Å². The van der Waals surface area contributed by atoms with Crippen molar-refractivity contribution in [1.29, 1.82) is 0 Å². The van der Waals surface area contributed by atoms with E-state index in [0.29, 0.717) is 12.2 Å². The van der Waals surface area contributed by atoms with Crippen LogP contribution in [0.3, 0.4) is 0 Å². The van der Waals surface area contributed by atoms with E-state index in [9.17, 15) is 9.90 Å². The molecule has 1 aliphatic rings. The van der Waals surface area contributed by atoms with Gasteiger partial charge in [0.25, 0.3) is 0 Å². The van der Waals surface area contributed by atoms with Crippen molar-refractivity contribution < 1.29 is 18.7 Å². The van der Waals surface area contributed by atoms with Crippen LogP contribution in [0.5, 0.6) is 0 Å². The van der Waals surface area contributed by atoms with E-state index in [1.807, 2.05) is 0 Å². The first-order valence-corrected chi connectivity index (χ1v) is 6.96. The molecule has 5 heteroatoms. The van der Waals surface area contributed by atoms with Gasteiger partial charge in [0, 0.05) is 18.1 Å². The number of hydrogen-bond donors (Lipinski definition) is 2. The Labute approximate surface area is 122 Å². The summed E-state index contributed by atoms with van der Waals surface area (Å²) in [6.45, 7) is 0.168. The van der Waals surface area contributed by atoms with Crippen molar-refractivity contribution in [1.82, 2.24) is 5.32 Å². The second-order valence-electron chi connectivity index (χ2n) is 5.21. The second-order valence-corrected chi connectivity index (χ2v) is 5.21. The summed E-state index contributed by atoms with van der Waals surface area (Å²) >= 11 is 0. The molecule has 0 aliphatic heterocycles. The van der Waals surface area contributed by atoms with Gasteiger partial charge in [-0.1, -0.05) is 0 Å². The number of hydrogen-bond acceptors (Lipinski definition) is 4. The van der Waals surface area contributed by atoms with E-state index in [4.69, 9.17) is 8.83 Å². The van der Waals surface area contributed by atoms with Crippen LogP contribution in [0.25, 0.3) is 6.08 Å². The minimum absolute atomic E-state index is 0.168. The fourth-order valence-corrected chi connectivity index (χ4v) is 2.64. The summed E-state index contributed by atoms with van der Waals surface area (Å²) in [5.41, 5.74) is -0.265. The van der Waals surface area contributed by atoms with Crippen LogP contribution < -0.4 is 5.32 Å². The minimum atomic E-state index is -1.05. The molecule has 0 saturated carbocycles. The average molecular weight is 287 g/mol. The Kier molecular flexibility index (Phi) is 3.66. The molecule has 1 aliphatic carbocycles. The Morgan fingerprint density at radius 1 is 1.38 bits per heavy atom. The van der Waals surface area contributed by atoms with E-state index in [2.05, 4.69) is 5.32 Å². The van der Waals surface area contributed by atoms with Gasteiger partial charge >= 0.3 is 0 Å². The lowest BCUT2D eigenvalue weighted by molar-refractivity contribution is -0.118. The molecule has 21 heavy (non-hydrogen) atoms. The molecule has 0 fully saturated rings. The topological polar surface area (TPSA) is 75.6 Å². The molecule has 5 nitrogen and oxygen atoms in total. The van der Waals surface area contributed by atoms with Gasteiger partial charge in [-0.15, -0.1) is 0 Å². The maximum absolute atomic E-state index is 11.8. The van der Waals surface area contributed by atoms with Crippen molar-refractivity contribution in [3.63, 3.8) is 0 Å². The third-order valence-electron chi connectivity index (χ3n) is 3.74. The van der Waals surface area contributed by atoms with Gasteiger partial charge in [0.15, 0.2) is 0 Å². The molecular formula is C16H17NO4. The van der Waals surface area contributed by atoms with Gasteiger partial charge in [-0.05, 0) is 37.1 Å². The summed E-state index contributed by atoms with van der Waals surface area (Å²) < 4.78 is 10.5. The Balaban J connectivity index is 1.62. The number of carbonyl (C=O) groups excluding carboxylic acids is 1. The highest BCUT2D eigenvalue weighted by atomic mass is 16.3. The molecule has 0 saturated heterocycles. The van der Waals surface area contributed by atoms with Gasteiger partial charge < -0.3 is 19.3 Å². The zero-order valence-electron chi connectivity index (χ0n) is 11.5. The molecule has 0 bridgehead atoms. The summed E-state index contributed by atoms with van der Waals surface area (Å²) in [5.74, 6) is 1.15. The van der Waals surface area contributed by atoms with E-state index >= 15 is 0 Å². The highest BCUT2D eigenvalue weighted by molar-refractivity contribution is 5.91. The largest absolute Gasteiger partial charge is 0.469 e. The molecule has 0 aromatic carbocycles. The number of fused-ring (bicyclic) bond motifs is 1. The molecule has 0 radical (unpaired) electrons. The molecule has 0 spiro atoms. The molecule has 2 heterocycles. The third-order valence-corrected chi connectivity index (χ3v) is 3.74. The molecule has 1 unspecified atom stereocenters. The number of rotatable bonds is 4. The van der Waals surface area contributed by atoms with Gasteiger partial charge in [-0.3, -0.25) is 4.79 Å². The molecule has 2 aromatic rings. The standard InChI is InChI=1S/C16H17NO4/c18-15(6-5-12-3-2-9-20-12)17-11-16(19)8-1-4-14-13(16)7-10-21-14/h2-3,5-7,9-10,19H,1,4,8,11H2,(H,17,18). The molecule has 1 amide bonds.